The van der Waals surface area contributed by atoms with Gasteiger partial charge in [0.15, 0.2) is 0 Å². The van der Waals surface area contributed by atoms with E-state index in [-0.39, 0.29) is 29.5 Å². The van der Waals surface area contributed by atoms with Crippen molar-refractivity contribution in [2.45, 2.75) is 82.9 Å². The zero-order valence-electron chi connectivity index (χ0n) is 22.6. The van der Waals surface area contributed by atoms with Gasteiger partial charge in [0.25, 0.3) is 10.9 Å². The summed E-state index contributed by atoms with van der Waals surface area (Å²) in [6, 6.07) is 10.2. The molecule has 2 fully saturated rings. The Hall–Kier alpha value is -2.22. The number of methoxy groups -OCH3 is 1. The number of nitrogens with two attached hydrogens (primary N) is 1. The van der Waals surface area contributed by atoms with Gasteiger partial charge in [-0.2, -0.15) is 0 Å². The Bertz CT molecular complexity index is 1030. The summed E-state index contributed by atoms with van der Waals surface area (Å²) < 4.78 is 11.6. The second kappa shape index (κ2) is 13.5. The number of benzene rings is 1. The number of hydrogen-bond acceptors (Lipinski definition) is 7. The molecule has 2 aliphatic rings. The standard InChI is InChI=1S/C30H45N3O4/c1-21(31)25(19-22-11-5-3-6-12-22)32-26-27(29(35)28(26)34)33-16-9-15-24(20-33)30(37-18-10-17-36-2)23-13-7-4-8-14-23/h4,7-8,13-14,21-22,24-25,30,32H,3,5-6,9-12,15-20,31H2,1-2H3/t21-,24+,25-,30?/m0/s1. The van der Waals surface area contributed by atoms with E-state index in [9.17, 15) is 9.59 Å². The Labute approximate surface area is 221 Å². The number of ether oxygens (including phenoxy) is 2. The fraction of sp³-hybridized carbons (Fsp3) is 0.667. The maximum absolute atomic E-state index is 12.8. The van der Waals surface area contributed by atoms with E-state index in [1.807, 2.05) is 25.1 Å². The van der Waals surface area contributed by atoms with E-state index < -0.39 is 5.43 Å². The van der Waals surface area contributed by atoms with Gasteiger partial charge in [-0.3, -0.25) is 9.59 Å². The van der Waals surface area contributed by atoms with Crippen LogP contribution in [-0.2, 0) is 9.47 Å². The first-order valence-electron chi connectivity index (χ1n) is 14.3. The first-order chi connectivity index (χ1) is 18.0. The minimum absolute atomic E-state index is 0.00748. The quantitative estimate of drug-likeness (QED) is 0.304. The van der Waals surface area contributed by atoms with Crippen molar-refractivity contribution in [3.05, 3.63) is 56.3 Å². The summed E-state index contributed by atoms with van der Waals surface area (Å²) in [5.41, 5.74) is 7.76. The molecule has 1 saturated heterocycles. The molecular weight excluding hydrogens is 466 g/mol. The zero-order valence-corrected chi connectivity index (χ0v) is 22.6. The van der Waals surface area contributed by atoms with Gasteiger partial charge in [-0.05, 0) is 44.1 Å². The van der Waals surface area contributed by atoms with Gasteiger partial charge in [-0.1, -0.05) is 62.4 Å². The lowest BCUT2D eigenvalue weighted by Gasteiger charge is -2.39. The highest BCUT2D eigenvalue weighted by Gasteiger charge is 2.35. The molecule has 204 valence electrons. The van der Waals surface area contributed by atoms with E-state index in [2.05, 4.69) is 22.3 Å². The number of rotatable bonds is 13. The van der Waals surface area contributed by atoms with E-state index in [1.54, 1.807) is 7.11 Å². The van der Waals surface area contributed by atoms with Crippen molar-refractivity contribution < 1.29 is 9.47 Å². The average Bonchev–Trinajstić information content (AvgIpc) is 2.93. The van der Waals surface area contributed by atoms with E-state index >= 15 is 0 Å². The third kappa shape index (κ3) is 7.01. The Kier molecular flexibility index (Phi) is 10.2. The highest BCUT2D eigenvalue weighted by molar-refractivity contribution is 5.75. The molecule has 7 nitrogen and oxygen atoms in total. The average molecular weight is 512 g/mol. The fourth-order valence-corrected chi connectivity index (χ4v) is 6.21. The summed E-state index contributed by atoms with van der Waals surface area (Å²) in [5, 5.41) is 3.45. The maximum Gasteiger partial charge on any atom is 0.253 e. The van der Waals surface area contributed by atoms with Gasteiger partial charge in [0.2, 0.25) is 0 Å². The highest BCUT2D eigenvalue weighted by atomic mass is 16.5. The monoisotopic (exact) mass is 511 g/mol. The van der Waals surface area contributed by atoms with Crippen molar-refractivity contribution in [3.8, 4) is 0 Å². The van der Waals surface area contributed by atoms with Crippen LogP contribution < -0.4 is 26.8 Å². The van der Waals surface area contributed by atoms with E-state index in [4.69, 9.17) is 15.2 Å². The predicted molar refractivity (Wildman–Crippen MR) is 150 cm³/mol. The van der Waals surface area contributed by atoms with Crippen LogP contribution in [0.15, 0.2) is 39.9 Å². The van der Waals surface area contributed by atoms with E-state index in [0.717, 1.165) is 37.8 Å². The predicted octanol–water partition coefficient (Wildman–Crippen LogP) is 4.39. The van der Waals surface area contributed by atoms with Gasteiger partial charge < -0.3 is 25.4 Å². The van der Waals surface area contributed by atoms with Crippen molar-refractivity contribution in [2.75, 3.05) is 43.6 Å². The van der Waals surface area contributed by atoms with Crippen molar-refractivity contribution in [3.63, 3.8) is 0 Å². The molecule has 1 unspecified atom stereocenters. The molecule has 1 saturated carbocycles. The van der Waals surface area contributed by atoms with Gasteiger partial charge >= 0.3 is 0 Å². The van der Waals surface area contributed by atoms with Crippen LogP contribution in [0.5, 0.6) is 0 Å². The topological polar surface area (TPSA) is 93.9 Å². The Balaban J connectivity index is 1.48. The van der Waals surface area contributed by atoms with Gasteiger partial charge in [-0.15, -0.1) is 0 Å². The van der Waals surface area contributed by atoms with Crippen molar-refractivity contribution in [2.24, 2.45) is 17.6 Å². The van der Waals surface area contributed by atoms with Crippen LogP contribution in [0.3, 0.4) is 0 Å². The van der Waals surface area contributed by atoms with Crippen molar-refractivity contribution >= 4 is 11.4 Å². The summed E-state index contributed by atoms with van der Waals surface area (Å²) in [7, 11) is 1.70. The lowest BCUT2D eigenvalue weighted by Crippen LogP contribution is -2.50. The number of nitrogens with one attached hydrogen (secondary N) is 1. The molecule has 4 atom stereocenters. The minimum atomic E-state index is -0.401. The van der Waals surface area contributed by atoms with Crippen LogP contribution in [0, 0.1) is 11.8 Å². The minimum Gasteiger partial charge on any atom is -0.385 e. The summed E-state index contributed by atoms with van der Waals surface area (Å²) in [6.45, 7) is 4.74. The third-order valence-electron chi connectivity index (χ3n) is 8.28. The Morgan fingerprint density at radius 3 is 2.49 bits per heavy atom. The second-order valence-electron chi connectivity index (χ2n) is 11.1. The molecule has 0 spiro atoms. The summed E-state index contributed by atoms with van der Waals surface area (Å²) >= 11 is 0. The molecule has 0 radical (unpaired) electrons. The van der Waals surface area contributed by atoms with E-state index in [0.29, 0.717) is 37.1 Å². The molecule has 2 aromatic rings. The van der Waals surface area contributed by atoms with Crippen molar-refractivity contribution in [1.29, 1.82) is 0 Å². The normalized spacial score (nSPS) is 21.6. The molecule has 37 heavy (non-hydrogen) atoms. The van der Waals surface area contributed by atoms with Crippen LogP contribution in [0.1, 0.15) is 76.4 Å². The van der Waals surface area contributed by atoms with Gasteiger partial charge in [0, 0.05) is 51.4 Å². The SMILES string of the molecule is COCCCOC(c1ccccc1)[C@@H]1CCCN(c2c(N[C@@H](CC3CCCCC3)[C@H](C)N)c(=O)c2=O)C1. The maximum atomic E-state index is 12.8. The molecule has 3 N–H and O–H groups in total. The van der Waals surface area contributed by atoms with Crippen LogP contribution >= 0.6 is 0 Å². The van der Waals surface area contributed by atoms with E-state index in [1.165, 1.54) is 32.1 Å². The first-order valence-corrected chi connectivity index (χ1v) is 14.3. The molecule has 4 rings (SSSR count). The van der Waals surface area contributed by atoms with Gasteiger partial charge in [-0.25, -0.2) is 0 Å². The third-order valence-corrected chi connectivity index (χ3v) is 8.28. The first kappa shape index (κ1) is 27.8. The highest BCUT2D eigenvalue weighted by Crippen LogP contribution is 2.36. The Morgan fingerprint density at radius 1 is 1.03 bits per heavy atom. The summed E-state index contributed by atoms with van der Waals surface area (Å²) in [5.74, 6) is 0.857. The zero-order chi connectivity index (χ0) is 26.2. The molecule has 0 aromatic heterocycles. The second-order valence-corrected chi connectivity index (χ2v) is 11.1. The molecule has 1 aliphatic carbocycles. The fourth-order valence-electron chi connectivity index (χ4n) is 6.21. The number of nitrogens with zero attached hydrogens (tertiary/aromatic N) is 1. The summed E-state index contributed by atoms with van der Waals surface area (Å²) in [4.78, 5) is 27.7. The molecule has 2 aromatic carbocycles. The van der Waals surface area contributed by atoms with Crippen molar-refractivity contribution in [1.82, 2.24) is 0 Å². The smallest absolute Gasteiger partial charge is 0.253 e. The van der Waals surface area contributed by atoms with Crippen LogP contribution in [-0.4, -0.2) is 45.5 Å². The number of hydrogen-bond donors (Lipinski definition) is 2. The Morgan fingerprint density at radius 2 is 1.78 bits per heavy atom. The summed E-state index contributed by atoms with van der Waals surface area (Å²) in [6.07, 6.45) is 9.99. The molecule has 0 amide bonds. The van der Waals surface area contributed by atoms with Crippen LogP contribution in [0.25, 0.3) is 0 Å². The molecule has 1 heterocycles. The molecular formula is C30H45N3O4. The largest absolute Gasteiger partial charge is 0.385 e. The van der Waals surface area contributed by atoms with Gasteiger partial charge in [0.05, 0.1) is 6.10 Å². The molecule has 0 bridgehead atoms. The lowest BCUT2D eigenvalue weighted by molar-refractivity contribution is -0.00235. The van der Waals surface area contributed by atoms with Crippen LogP contribution in [0.4, 0.5) is 11.4 Å². The van der Waals surface area contributed by atoms with Gasteiger partial charge in [0.1, 0.15) is 11.4 Å². The molecule has 7 heteroatoms. The number of anilines is 2. The molecule has 1 aliphatic heterocycles. The number of piperidine rings is 1. The lowest BCUT2D eigenvalue weighted by atomic mass is 9.83. The van der Waals surface area contributed by atoms with Crippen LogP contribution in [0.2, 0.25) is 0 Å².